The van der Waals surface area contributed by atoms with Crippen molar-refractivity contribution in [2.24, 2.45) is 5.84 Å². The molecule has 0 aliphatic carbocycles. The summed E-state index contributed by atoms with van der Waals surface area (Å²) in [5, 5.41) is 0. The van der Waals surface area contributed by atoms with Gasteiger partial charge in [-0.2, -0.15) is 0 Å². The van der Waals surface area contributed by atoms with Gasteiger partial charge in [-0.05, 0) is 19.4 Å². The minimum absolute atomic E-state index is 0.488. The first-order chi connectivity index (χ1) is 5.26. The lowest BCUT2D eigenvalue weighted by Gasteiger charge is -2.01. The van der Waals surface area contributed by atoms with Gasteiger partial charge in [0, 0.05) is 11.4 Å². The summed E-state index contributed by atoms with van der Waals surface area (Å²) >= 11 is 0. The summed E-state index contributed by atoms with van der Waals surface area (Å²) < 4.78 is 0. The van der Waals surface area contributed by atoms with E-state index in [1.165, 1.54) is 0 Å². The summed E-state index contributed by atoms with van der Waals surface area (Å²) in [5.41, 5.74) is 4.36. The number of aryl methyl sites for hydroxylation is 2. The highest BCUT2D eigenvalue weighted by Gasteiger charge is 1.97. The SMILES string of the molecule is CCc1cc(C)nc(NN)n1. The highest BCUT2D eigenvalue weighted by Crippen LogP contribution is 2.03. The summed E-state index contributed by atoms with van der Waals surface area (Å²) in [6, 6.07) is 1.95. The quantitative estimate of drug-likeness (QED) is 0.482. The van der Waals surface area contributed by atoms with Crippen LogP contribution in [0.4, 0.5) is 5.95 Å². The molecule has 11 heavy (non-hydrogen) atoms. The summed E-state index contributed by atoms with van der Waals surface area (Å²) in [6.07, 6.45) is 0.901. The van der Waals surface area contributed by atoms with Crippen molar-refractivity contribution in [3.05, 3.63) is 17.5 Å². The zero-order chi connectivity index (χ0) is 8.27. The Morgan fingerprint density at radius 2 is 2.27 bits per heavy atom. The topological polar surface area (TPSA) is 63.8 Å². The van der Waals surface area contributed by atoms with Crippen LogP contribution >= 0.6 is 0 Å². The second-order valence-electron chi connectivity index (χ2n) is 2.32. The molecule has 0 spiro atoms. The van der Waals surface area contributed by atoms with Crippen LogP contribution in [0.25, 0.3) is 0 Å². The van der Waals surface area contributed by atoms with Gasteiger partial charge >= 0.3 is 0 Å². The molecule has 0 aliphatic rings. The van der Waals surface area contributed by atoms with Crippen LogP contribution in [0.3, 0.4) is 0 Å². The van der Waals surface area contributed by atoms with Gasteiger partial charge in [0.15, 0.2) is 0 Å². The van der Waals surface area contributed by atoms with E-state index < -0.39 is 0 Å². The van der Waals surface area contributed by atoms with Crippen LogP contribution in [-0.2, 0) is 6.42 Å². The van der Waals surface area contributed by atoms with Crippen molar-refractivity contribution < 1.29 is 0 Å². The summed E-state index contributed by atoms with van der Waals surface area (Å²) in [7, 11) is 0. The van der Waals surface area contributed by atoms with Crippen molar-refractivity contribution in [3.8, 4) is 0 Å². The molecule has 60 valence electrons. The number of nitrogens with zero attached hydrogens (tertiary/aromatic N) is 2. The van der Waals surface area contributed by atoms with E-state index in [0.29, 0.717) is 5.95 Å². The van der Waals surface area contributed by atoms with E-state index in [1.54, 1.807) is 0 Å². The van der Waals surface area contributed by atoms with Gasteiger partial charge in [-0.25, -0.2) is 15.8 Å². The molecule has 0 saturated heterocycles. The van der Waals surface area contributed by atoms with Gasteiger partial charge in [-0.3, -0.25) is 5.43 Å². The second-order valence-corrected chi connectivity index (χ2v) is 2.32. The average molecular weight is 152 g/mol. The van der Waals surface area contributed by atoms with E-state index in [2.05, 4.69) is 15.4 Å². The zero-order valence-corrected chi connectivity index (χ0v) is 6.76. The first kappa shape index (κ1) is 7.94. The monoisotopic (exact) mass is 152 g/mol. The standard InChI is InChI=1S/C7H12N4/c1-3-6-4-5(2)9-7(10-6)11-8/h4H,3,8H2,1-2H3,(H,9,10,11). The minimum atomic E-state index is 0.488. The maximum Gasteiger partial charge on any atom is 0.237 e. The molecule has 1 rings (SSSR count). The van der Waals surface area contributed by atoms with Crippen molar-refractivity contribution in [1.82, 2.24) is 9.97 Å². The molecule has 1 aromatic heterocycles. The molecular formula is C7H12N4. The van der Waals surface area contributed by atoms with Gasteiger partial charge in [-0.1, -0.05) is 6.92 Å². The third-order valence-electron chi connectivity index (χ3n) is 1.40. The molecular weight excluding hydrogens is 140 g/mol. The lowest BCUT2D eigenvalue weighted by molar-refractivity contribution is 0.969. The van der Waals surface area contributed by atoms with E-state index in [-0.39, 0.29) is 0 Å². The Kier molecular flexibility index (Phi) is 2.38. The van der Waals surface area contributed by atoms with Gasteiger partial charge in [0.05, 0.1) is 0 Å². The second kappa shape index (κ2) is 3.30. The minimum Gasteiger partial charge on any atom is -0.292 e. The Morgan fingerprint density at radius 3 is 2.82 bits per heavy atom. The Bertz CT molecular complexity index is 224. The van der Waals surface area contributed by atoms with Crippen LogP contribution in [0.2, 0.25) is 0 Å². The first-order valence-electron chi connectivity index (χ1n) is 3.57. The van der Waals surface area contributed by atoms with Crippen LogP contribution in [-0.4, -0.2) is 9.97 Å². The highest BCUT2D eigenvalue weighted by atomic mass is 15.3. The predicted molar refractivity (Wildman–Crippen MR) is 44.0 cm³/mol. The molecule has 0 bridgehead atoms. The van der Waals surface area contributed by atoms with Crippen molar-refractivity contribution in [3.63, 3.8) is 0 Å². The Labute approximate surface area is 65.8 Å². The number of hydrogen-bond donors (Lipinski definition) is 2. The Balaban J connectivity index is 3.02. The fourth-order valence-corrected chi connectivity index (χ4v) is 0.879. The van der Waals surface area contributed by atoms with E-state index >= 15 is 0 Å². The van der Waals surface area contributed by atoms with Crippen molar-refractivity contribution >= 4 is 5.95 Å². The van der Waals surface area contributed by atoms with Gasteiger partial charge in [0.2, 0.25) is 5.95 Å². The highest BCUT2D eigenvalue weighted by molar-refractivity contribution is 5.25. The number of anilines is 1. The predicted octanol–water partition coefficient (Wildman–Crippen LogP) is 0.633. The van der Waals surface area contributed by atoms with E-state index in [1.807, 2.05) is 19.9 Å². The van der Waals surface area contributed by atoms with E-state index in [0.717, 1.165) is 17.8 Å². The molecule has 0 atom stereocenters. The van der Waals surface area contributed by atoms with Gasteiger partial charge < -0.3 is 0 Å². The fraction of sp³-hybridized carbons (Fsp3) is 0.429. The van der Waals surface area contributed by atoms with Crippen LogP contribution in [0.1, 0.15) is 18.3 Å². The number of aromatic nitrogens is 2. The van der Waals surface area contributed by atoms with E-state index in [9.17, 15) is 0 Å². The van der Waals surface area contributed by atoms with Gasteiger partial charge in [0.1, 0.15) is 0 Å². The van der Waals surface area contributed by atoms with Crippen LogP contribution in [0.5, 0.6) is 0 Å². The number of nitrogen functional groups attached to an aromatic ring is 1. The molecule has 3 N–H and O–H groups in total. The number of nitrogens with two attached hydrogens (primary N) is 1. The third-order valence-corrected chi connectivity index (χ3v) is 1.40. The molecule has 0 aliphatic heterocycles. The van der Waals surface area contributed by atoms with Gasteiger partial charge in [-0.15, -0.1) is 0 Å². The molecule has 0 aromatic carbocycles. The van der Waals surface area contributed by atoms with Crippen molar-refractivity contribution in [1.29, 1.82) is 0 Å². The van der Waals surface area contributed by atoms with Crippen molar-refractivity contribution in [2.75, 3.05) is 5.43 Å². The maximum atomic E-state index is 5.17. The summed E-state index contributed by atoms with van der Waals surface area (Å²) in [4.78, 5) is 8.18. The summed E-state index contributed by atoms with van der Waals surface area (Å²) in [6.45, 7) is 3.96. The molecule has 0 unspecified atom stereocenters. The molecule has 1 heterocycles. The van der Waals surface area contributed by atoms with Crippen LogP contribution < -0.4 is 11.3 Å². The van der Waals surface area contributed by atoms with Crippen LogP contribution in [0, 0.1) is 6.92 Å². The molecule has 0 amide bonds. The molecule has 0 fully saturated rings. The Morgan fingerprint density at radius 1 is 1.55 bits per heavy atom. The molecule has 0 saturated carbocycles. The van der Waals surface area contributed by atoms with Gasteiger partial charge in [0.25, 0.3) is 0 Å². The smallest absolute Gasteiger partial charge is 0.237 e. The molecule has 4 heteroatoms. The number of hydrazine groups is 1. The zero-order valence-electron chi connectivity index (χ0n) is 6.76. The molecule has 1 aromatic rings. The summed E-state index contributed by atoms with van der Waals surface area (Å²) in [5.74, 6) is 5.66. The lowest BCUT2D eigenvalue weighted by atomic mass is 10.3. The molecule has 0 radical (unpaired) electrons. The lowest BCUT2D eigenvalue weighted by Crippen LogP contribution is -2.11. The normalized spacial score (nSPS) is 9.73. The number of rotatable bonds is 2. The van der Waals surface area contributed by atoms with E-state index in [4.69, 9.17) is 5.84 Å². The fourth-order valence-electron chi connectivity index (χ4n) is 0.879. The third kappa shape index (κ3) is 1.88. The average Bonchev–Trinajstić information content (AvgIpc) is 2.03. The van der Waals surface area contributed by atoms with Crippen LogP contribution in [0.15, 0.2) is 6.07 Å². The maximum absolute atomic E-state index is 5.17. The largest absolute Gasteiger partial charge is 0.292 e. The Hall–Kier alpha value is -1.16. The van der Waals surface area contributed by atoms with Crippen molar-refractivity contribution in [2.45, 2.75) is 20.3 Å². The number of nitrogens with one attached hydrogen (secondary N) is 1. The first-order valence-corrected chi connectivity index (χ1v) is 3.57. The number of hydrogen-bond acceptors (Lipinski definition) is 4. The molecule has 4 nitrogen and oxygen atoms in total.